The van der Waals surface area contributed by atoms with Gasteiger partial charge in [0.1, 0.15) is 23.9 Å². The van der Waals surface area contributed by atoms with E-state index in [9.17, 15) is 42.0 Å². The average molecular weight is 616 g/mol. The number of para-hydroxylation sites is 1. The number of likely N-dealkylation sites (N-methyl/N-ethyl adjacent to an activating group) is 1. The molecule has 1 fully saturated rings. The Balaban J connectivity index is 1.59. The molecule has 2 heterocycles. The van der Waals surface area contributed by atoms with Gasteiger partial charge in [-0.15, -0.1) is 0 Å². The third-order valence-electron chi connectivity index (χ3n) is 8.25. The molecule has 4 amide bonds. The van der Waals surface area contributed by atoms with E-state index >= 15 is 0 Å². The second-order valence-corrected chi connectivity index (χ2v) is 11.6. The number of nitriles is 1. The summed E-state index contributed by atoms with van der Waals surface area (Å²) in [4.78, 5) is 56.3. The van der Waals surface area contributed by atoms with Gasteiger partial charge in [-0.25, -0.2) is 4.39 Å². The molecule has 0 saturated carbocycles. The number of anilines is 1. The van der Waals surface area contributed by atoms with E-state index in [2.05, 4.69) is 16.7 Å². The lowest BCUT2D eigenvalue weighted by molar-refractivity contribution is -0.146. The Morgan fingerprint density at radius 3 is 2.50 bits per heavy atom. The molecule has 0 aliphatic carbocycles. The van der Waals surface area contributed by atoms with Gasteiger partial charge in [0.15, 0.2) is 0 Å². The van der Waals surface area contributed by atoms with Gasteiger partial charge >= 0.3 is 6.18 Å². The normalized spacial score (nSPS) is 20.6. The molecule has 0 bridgehead atoms. The largest absolute Gasteiger partial charge is 0.417 e. The molecule has 2 aromatic rings. The van der Waals surface area contributed by atoms with Gasteiger partial charge in [0.2, 0.25) is 17.7 Å². The predicted molar refractivity (Wildman–Crippen MR) is 151 cm³/mol. The number of nitrogens with one attached hydrogen (secondary N) is 2. The summed E-state index contributed by atoms with van der Waals surface area (Å²) in [6.45, 7) is 5.12. The molecule has 9 nitrogen and oxygen atoms in total. The van der Waals surface area contributed by atoms with Crippen molar-refractivity contribution in [1.29, 1.82) is 5.26 Å². The topological polar surface area (TPSA) is 123 Å². The van der Waals surface area contributed by atoms with Crippen LogP contribution < -0.4 is 10.6 Å². The minimum Gasteiger partial charge on any atom is -0.340 e. The van der Waals surface area contributed by atoms with Crippen molar-refractivity contribution in [2.75, 3.05) is 18.9 Å². The Morgan fingerprint density at radius 2 is 1.89 bits per heavy atom. The summed E-state index contributed by atoms with van der Waals surface area (Å²) >= 11 is 0. The van der Waals surface area contributed by atoms with Crippen LogP contribution >= 0.6 is 0 Å². The van der Waals surface area contributed by atoms with E-state index in [4.69, 9.17) is 0 Å². The van der Waals surface area contributed by atoms with Gasteiger partial charge in [0.05, 0.1) is 22.6 Å². The van der Waals surface area contributed by atoms with E-state index in [0.717, 1.165) is 4.90 Å². The van der Waals surface area contributed by atoms with Crippen molar-refractivity contribution in [3.8, 4) is 6.07 Å². The zero-order valence-corrected chi connectivity index (χ0v) is 24.7. The summed E-state index contributed by atoms with van der Waals surface area (Å²) in [5.74, 6) is -4.13. The van der Waals surface area contributed by atoms with E-state index < -0.39 is 64.4 Å². The van der Waals surface area contributed by atoms with Crippen LogP contribution in [0.2, 0.25) is 0 Å². The molecule has 44 heavy (non-hydrogen) atoms. The highest BCUT2D eigenvalue weighted by molar-refractivity contribution is 6.07. The van der Waals surface area contributed by atoms with Gasteiger partial charge < -0.3 is 20.4 Å². The first kappa shape index (κ1) is 32.4. The second-order valence-electron chi connectivity index (χ2n) is 11.6. The van der Waals surface area contributed by atoms with E-state index in [1.807, 2.05) is 13.8 Å². The Morgan fingerprint density at radius 1 is 1.20 bits per heavy atom. The van der Waals surface area contributed by atoms with E-state index in [1.54, 1.807) is 24.3 Å². The highest BCUT2D eigenvalue weighted by atomic mass is 19.4. The van der Waals surface area contributed by atoms with Crippen LogP contribution in [-0.2, 0) is 26.0 Å². The lowest BCUT2D eigenvalue weighted by Gasteiger charge is -2.35. The van der Waals surface area contributed by atoms with Gasteiger partial charge in [0.25, 0.3) is 5.91 Å². The molecule has 1 spiro atoms. The number of carbonyl (C=O) groups is 4. The number of amides is 4. The molecule has 0 radical (unpaired) electrons. The van der Waals surface area contributed by atoms with E-state index in [-0.39, 0.29) is 43.7 Å². The number of hydrogen-bond donors (Lipinski definition) is 2. The lowest BCUT2D eigenvalue weighted by atomic mass is 9.80. The number of nitrogens with zero attached hydrogens (tertiary/aromatic N) is 3. The molecule has 0 unspecified atom stereocenters. The lowest BCUT2D eigenvalue weighted by Crippen LogP contribution is -2.56. The van der Waals surface area contributed by atoms with Crippen LogP contribution in [0.3, 0.4) is 0 Å². The Labute approximate surface area is 252 Å². The summed E-state index contributed by atoms with van der Waals surface area (Å²) < 4.78 is 54.1. The Kier molecular flexibility index (Phi) is 9.04. The number of likely N-dealkylation sites (tertiary alicyclic amines) is 1. The summed E-state index contributed by atoms with van der Waals surface area (Å²) in [6.07, 6.45) is -4.80. The third kappa shape index (κ3) is 5.98. The molecule has 4 atom stereocenters. The summed E-state index contributed by atoms with van der Waals surface area (Å²) in [6, 6.07) is 7.41. The molecule has 2 N–H and O–H groups in total. The molecule has 2 aliphatic rings. The van der Waals surface area contributed by atoms with Crippen molar-refractivity contribution in [2.24, 2.45) is 5.92 Å². The van der Waals surface area contributed by atoms with Gasteiger partial charge in [-0.2, -0.15) is 18.4 Å². The first-order chi connectivity index (χ1) is 20.6. The predicted octanol–water partition coefficient (Wildman–Crippen LogP) is 4.24. The van der Waals surface area contributed by atoms with Crippen LogP contribution in [0, 0.1) is 23.1 Å². The van der Waals surface area contributed by atoms with Crippen LogP contribution in [0.25, 0.3) is 0 Å². The Bertz CT molecular complexity index is 1520. The Hall–Kier alpha value is -4.47. The van der Waals surface area contributed by atoms with Crippen LogP contribution in [0.1, 0.15) is 61.5 Å². The number of hydrogen-bond acceptors (Lipinski definition) is 5. The van der Waals surface area contributed by atoms with Crippen molar-refractivity contribution < 1.29 is 36.7 Å². The van der Waals surface area contributed by atoms with Gasteiger partial charge in [0, 0.05) is 25.7 Å². The second kappa shape index (κ2) is 12.3. The fourth-order valence-electron chi connectivity index (χ4n) is 5.97. The number of alkyl halides is 3. The van der Waals surface area contributed by atoms with Crippen molar-refractivity contribution in [3.05, 3.63) is 65.0 Å². The van der Waals surface area contributed by atoms with E-state index in [1.165, 1.54) is 18.9 Å². The van der Waals surface area contributed by atoms with Gasteiger partial charge in [-0.3, -0.25) is 19.2 Å². The van der Waals surface area contributed by atoms with Crippen LogP contribution in [0.4, 0.5) is 23.2 Å². The zero-order chi connectivity index (χ0) is 32.6. The molecular weight excluding hydrogens is 582 g/mol. The maximum atomic E-state index is 14.1. The number of carbonyl (C=O) groups excluding carboxylic acids is 4. The van der Waals surface area contributed by atoms with Gasteiger partial charge in [-0.1, -0.05) is 39.0 Å². The minimum atomic E-state index is -5.02. The van der Waals surface area contributed by atoms with Crippen molar-refractivity contribution in [2.45, 2.75) is 69.8 Å². The number of benzene rings is 2. The average Bonchev–Trinajstić information content (AvgIpc) is 3.50. The molecule has 2 aromatic carbocycles. The first-order valence-electron chi connectivity index (χ1n) is 14.2. The SMILES string of the molecule is CC[C@H](NC(=O)c1ccc(F)cc1C(F)(F)F)C(=O)N(C)[C@@H](CC(C)C)C(=O)N1C[C@]2(C[C@H]1C#N)C(=O)Nc1ccccc12. The molecule has 234 valence electrons. The zero-order valence-electron chi connectivity index (χ0n) is 24.7. The highest BCUT2D eigenvalue weighted by Gasteiger charge is 2.56. The monoisotopic (exact) mass is 615 g/mol. The van der Waals surface area contributed by atoms with E-state index in [0.29, 0.717) is 23.4 Å². The summed E-state index contributed by atoms with van der Waals surface area (Å²) in [5.41, 5.74) is -2.19. The number of halogens is 4. The maximum Gasteiger partial charge on any atom is 0.417 e. The number of fused-ring (bicyclic) bond motifs is 2. The first-order valence-corrected chi connectivity index (χ1v) is 14.2. The summed E-state index contributed by atoms with van der Waals surface area (Å²) in [5, 5.41) is 15.1. The molecule has 0 aromatic heterocycles. The molecule has 13 heteroatoms. The van der Waals surface area contributed by atoms with Crippen molar-refractivity contribution >= 4 is 29.3 Å². The molecule has 4 rings (SSSR count). The highest BCUT2D eigenvalue weighted by Crippen LogP contribution is 2.46. The molecule has 2 aliphatic heterocycles. The quantitative estimate of drug-likeness (QED) is 0.431. The van der Waals surface area contributed by atoms with Crippen LogP contribution in [0.15, 0.2) is 42.5 Å². The van der Waals surface area contributed by atoms with Crippen LogP contribution in [0.5, 0.6) is 0 Å². The molecular formula is C31H33F4N5O4. The molecule has 1 saturated heterocycles. The third-order valence-corrected chi connectivity index (χ3v) is 8.25. The standard InChI is InChI=1S/C31H33F4N5O4/c1-5-23(37-26(41)20-11-10-18(32)13-22(20)31(33,34)35)27(42)39(4)25(12-17(2)3)28(43)40-16-30(14-19(40)15-36)21-8-6-7-9-24(21)38-29(30)44/h6-11,13,17,19,23,25H,5,12,14,16H2,1-4H3,(H,37,41)(H,38,44)/t19-,23-,25-,30-/m0/s1. The van der Waals surface area contributed by atoms with Crippen molar-refractivity contribution in [1.82, 2.24) is 15.1 Å². The fourth-order valence-corrected chi connectivity index (χ4v) is 5.97. The smallest absolute Gasteiger partial charge is 0.340 e. The summed E-state index contributed by atoms with van der Waals surface area (Å²) in [7, 11) is 1.35. The van der Waals surface area contributed by atoms with Gasteiger partial charge in [-0.05, 0) is 48.6 Å². The van der Waals surface area contributed by atoms with Crippen molar-refractivity contribution in [3.63, 3.8) is 0 Å². The fraction of sp³-hybridized carbons (Fsp3) is 0.452. The minimum absolute atomic E-state index is 0.0232. The maximum absolute atomic E-state index is 14.1. The van der Waals surface area contributed by atoms with Crippen LogP contribution in [-0.4, -0.2) is 65.1 Å². The number of rotatable bonds is 8.